The van der Waals surface area contributed by atoms with Gasteiger partial charge in [0.25, 0.3) is 0 Å². The quantitative estimate of drug-likeness (QED) is 0.771. The maximum atomic E-state index is 12.8. The number of hydrogen-bond donors (Lipinski definition) is 1. The van der Waals surface area contributed by atoms with Crippen molar-refractivity contribution < 1.29 is 8.42 Å². The molecule has 1 aromatic rings. The number of hydrogen-bond acceptors (Lipinski definition) is 3. The van der Waals surface area contributed by atoms with E-state index in [1.165, 1.54) is 12.1 Å². The molecule has 4 nitrogen and oxygen atoms in total. The van der Waals surface area contributed by atoms with Crippen LogP contribution in [0.5, 0.6) is 0 Å². The van der Waals surface area contributed by atoms with Crippen molar-refractivity contribution in [3.8, 4) is 0 Å². The Balaban J connectivity index is 2.35. The van der Waals surface area contributed by atoms with Crippen LogP contribution in [0, 0.1) is 0 Å². The maximum Gasteiger partial charge on any atom is 0.244 e. The molecule has 0 heterocycles. The molecule has 1 aromatic carbocycles. The molecule has 0 amide bonds. The van der Waals surface area contributed by atoms with Crippen molar-refractivity contribution in [1.82, 2.24) is 4.31 Å². The Bertz CT molecular complexity index is 642. The largest absolute Gasteiger partial charge is 0.389 e. The fourth-order valence-electron chi connectivity index (χ4n) is 2.17. The van der Waals surface area contributed by atoms with E-state index >= 15 is 0 Å². The van der Waals surface area contributed by atoms with Gasteiger partial charge in [-0.15, -0.1) is 0 Å². The molecule has 2 N–H and O–H groups in total. The molecule has 2 rings (SSSR count). The molecule has 1 aliphatic rings. The Hall–Kier alpha value is -0.690. The number of nitrogens with zero attached hydrogens (tertiary/aromatic N) is 1. The van der Waals surface area contributed by atoms with Crippen molar-refractivity contribution in [3.63, 3.8) is 0 Å². The minimum atomic E-state index is -3.57. The highest BCUT2D eigenvalue weighted by Gasteiger charge is 2.38. The van der Waals surface area contributed by atoms with Crippen LogP contribution in [-0.4, -0.2) is 30.3 Å². The lowest BCUT2D eigenvalue weighted by Gasteiger charge is -2.22. The molecule has 0 bridgehead atoms. The predicted octanol–water partition coefficient (Wildman–Crippen LogP) is 2.93. The zero-order valence-electron chi connectivity index (χ0n) is 11.9. The summed E-state index contributed by atoms with van der Waals surface area (Å²) in [6.45, 7) is 2.58. The van der Waals surface area contributed by atoms with E-state index in [9.17, 15) is 8.42 Å². The first-order chi connectivity index (χ1) is 9.87. The third-order valence-electron chi connectivity index (χ3n) is 3.49. The standard InChI is InChI=1S/C14H19ClN2O2S2/c1-2-3-8-17(11-5-6-11)21(18,19)13-7-4-10(14(16)20)9-12(13)15/h4,7,9,11H,2-3,5-6,8H2,1H3,(H2,16,20). The second-order valence-electron chi connectivity index (χ2n) is 5.21. The van der Waals surface area contributed by atoms with Gasteiger partial charge in [0.2, 0.25) is 10.0 Å². The Morgan fingerprint density at radius 3 is 2.62 bits per heavy atom. The van der Waals surface area contributed by atoms with Crippen molar-refractivity contribution in [2.24, 2.45) is 5.73 Å². The average Bonchev–Trinajstić information content (AvgIpc) is 3.23. The molecule has 1 saturated carbocycles. The van der Waals surface area contributed by atoms with E-state index in [4.69, 9.17) is 29.6 Å². The molecule has 0 aliphatic heterocycles. The summed E-state index contributed by atoms with van der Waals surface area (Å²) in [6, 6.07) is 4.73. The lowest BCUT2D eigenvalue weighted by Crippen LogP contribution is -2.34. The monoisotopic (exact) mass is 346 g/mol. The van der Waals surface area contributed by atoms with Crippen molar-refractivity contribution in [2.45, 2.75) is 43.5 Å². The third kappa shape index (κ3) is 3.74. The van der Waals surface area contributed by atoms with Crippen LogP contribution in [0.1, 0.15) is 38.2 Å². The van der Waals surface area contributed by atoms with Gasteiger partial charge in [0.05, 0.1) is 5.02 Å². The fraction of sp³-hybridized carbons (Fsp3) is 0.500. The van der Waals surface area contributed by atoms with Crippen LogP contribution in [0.25, 0.3) is 0 Å². The highest BCUT2D eigenvalue weighted by Crippen LogP contribution is 2.34. The van der Waals surface area contributed by atoms with E-state index in [1.54, 1.807) is 10.4 Å². The summed E-state index contributed by atoms with van der Waals surface area (Å²) in [5, 5.41) is 0.169. The lowest BCUT2D eigenvalue weighted by atomic mass is 10.2. The highest BCUT2D eigenvalue weighted by molar-refractivity contribution is 7.89. The lowest BCUT2D eigenvalue weighted by molar-refractivity contribution is 0.396. The van der Waals surface area contributed by atoms with Gasteiger partial charge in [-0.3, -0.25) is 0 Å². The van der Waals surface area contributed by atoms with Gasteiger partial charge >= 0.3 is 0 Å². The Morgan fingerprint density at radius 1 is 1.48 bits per heavy atom. The van der Waals surface area contributed by atoms with Crippen LogP contribution in [-0.2, 0) is 10.0 Å². The van der Waals surface area contributed by atoms with Crippen molar-refractivity contribution >= 4 is 38.8 Å². The molecular formula is C14H19ClN2O2S2. The van der Waals surface area contributed by atoms with Crippen LogP contribution in [0.15, 0.2) is 23.1 Å². The highest BCUT2D eigenvalue weighted by atomic mass is 35.5. The van der Waals surface area contributed by atoms with Crippen molar-refractivity contribution in [2.75, 3.05) is 6.54 Å². The fourth-order valence-corrected chi connectivity index (χ4v) is 4.54. The second-order valence-corrected chi connectivity index (χ2v) is 7.92. The first-order valence-corrected chi connectivity index (χ1v) is 9.21. The number of thiocarbonyl (C=S) groups is 1. The molecule has 0 atom stereocenters. The van der Waals surface area contributed by atoms with Crippen LogP contribution < -0.4 is 5.73 Å². The molecule has 7 heteroatoms. The van der Waals surface area contributed by atoms with Gasteiger partial charge in [-0.25, -0.2) is 8.42 Å². The molecule has 116 valence electrons. The zero-order chi connectivity index (χ0) is 15.6. The van der Waals surface area contributed by atoms with Gasteiger partial charge in [-0.05, 0) is 31.4 Å². The smallest absolute Gasteiger partial charge is 0.244 e. The van der Waals surface area contributed by atoms with Gasteiger partial charge < -0.3 is 5.73 Å². The number of nitrogens with two attached hydrogens (primary N) is 1. The van der Waals surface area contributed by atoms with E-state index in [2.05, 4.69) is 0 Å². The normalized spacial score (nSPS) is 15.4. The van der Waals surface area contributed by atoms with Crippen molar-refractivity contribution in [3.05, 3.63) is 28.8 Å². The van der Waals surface area contributed by atoms with Crippen LogP contribution >= 0.6 is 23.8 Å². The summed E-state index contributed by atoms with van der Waals surface area (Å²) < 4.78 is 27.2. The van der Waals surface area contributed by atoms with Crippen LogP contribution in [0.3, 0.4) is 0 Å². The summed E-state index contributed by atoms with van der Waals surface area (Å²) in [5.74, 6) is 0. The summed E-state index contributed by atoms with van der Waals surface area (Å²) in [6.07, 6.45) is 3.64. The Kier molecular flexibility index (Phi) is 5.24. The topological polar surface area (TPSA) is 63.4 Å². The van der Waals surface area contributed by atoms with E-state index in [1.807, 2.05) is 6.92 Å². The predicted molar refractivity (Wildman–Crippen MR) is 89.2 cm³/mol. The maximum absolute atomic E-state index is 12.8. The van der Waals surface area contributed by atoms with Crippen LogP contribution in [0.4, 0.5) is 0 Å². The first-order valence-electron chi connectivity index (χ1n) is 6.99. The van der Waals surface area contributed by atoms with E-state index < -0.39 is 10.0 Å². The SMILES string of the molecule is CCCCN(C1CC1)S(=O)(=O)c1ccc(C(N)=S)cc1Cl. The molecule has 0 radical (unpaired) electrons. The molecular weight excluding hydrogens is 328 g/mol. The molecule has 0 spiro atoms. The molecule has 0 aromatic heterocycles. The molecule has 1 aliphatic carbocycles. The number of halogens is 1. The second kappa shape index (κ2) is 6.60. The summed E-state index contributed by atoms with van der Waals surface area (Å²) in [7, 11) is -3.57. The van der Waals surface area contributed by atoms with Gasteiger partial charge in [-0.2, -0.15) is 4.31 Å². The number of unbranched alkanes of at least 4 members (excludes halogenated alkanes) is 1. The summed E-state index contributed by atoms with van der Waals surface area (Å²) in [4.78, 5) is 0.332. The van der Waals surface area contributed by atoms with Gasteiger partial charge in [0.1, 0.15) is 9.88 Å². The van der Waals surface area contributed by atoms with E-state index in [-0.39, 0.29) is 20.9 Å². The van der Waals surface area contributed by atoms with E-state index in [0.717, 1.165) is 25.7 Å². The molecule has 1 fully saturated rings. The number of benzene rings is 1. The zero-order valence-corrected chi connectivity index (χ0v) is 14.3. The van der Waals surface area contributed by atoms with Gasteiger partial charge in [-0.1, -0.05) is 43.2 Å². The molecule has 0 unspecified atom stereocenters. The van der Waals surface area contributed by atoms with Crippen molar-refractivity contribution in [1.29, 1.82) is 0 Å². The minimum absolute atomic E-state index is 0.118. The van der Waals surface area contributed by atoms with E-state index in [0.29, 0.717) is 12.1 Å². The number of sulfonamides is 1. The van der Waals surface area contributed by atoms with Gasteiger partial charge in [0, 0.05) is 18.2 Å². The Labute approximate surface area is 136 Å². The molecule has 21 heavy (non-hydrogen) atoms. The minimum Gasteiger partial charge on any atom is -0.389 e. The van der Waals surface area contributed by atoms with Gasteiger partial charge in [0.15, 0.2) is 0 Å². The average molecular weight is 347 g/mol. The van der Waals surface area contributed by atoms with Crippen LogP contribution in [0.2, 0.25) is 5.02 Å². The third-order valence-corrected chi connectivity index (χ3v) is 6.16. The Morgan fingerprint density at radius 2 is 2.14 bits per heavy atom. The molecule has 0 saturated heterocycles. The summed E-state index contributed by atoms with van der Waals surface area (Å²) >= 11 is 11.0. The summed E-state index contributed by atoms with van der Waals surface area (Å²) in [5.41, 5.74) is 6.11. The first kappa shape index (κ1) is 16.7. The number of rotatable bonds is 7.